The highest BCUT2D eigenvalue weighted by Gasteiger charge is 2.35. The summed E-state index contributed by atoms with van der Waals surface area (Å²) in [6.45, 7) is 23.6. The number of nitrogens with one attached hydrogen (secondary N) is 1. The number of piperazine rings is 1. The van der Waals surface area contributed by atoms with Gasteiger partial charge in [0.15, 0.2) is 0 Å². The Morgan fingerprint density at radius 3 is 2.08 bits per heavy atom. The number of hydrogen-bond acceptors (Lipinski definition) is 6. The fourth-order valence-corrected chi connectivity index (χ4v) is 5.88. The molecule has 3 rings (SSSR count). The number of rotatable bonds is 16. The number of amides is 3. The maximum absolute atomic E-state index is 14.2. The van der Waals surface area contributed by atoms with Gasteiger partial charge in [0.05, 0.1) is 0 Å². The number of carbonyl (C=O) groups excluding carboxylic acids is 3. The number of hydrogen-bond donors (Lipinski definition) is 1. The van der Waals surface area contributed by atoms with Crippen molar-refractivity contribution in [2.24, 2.45) is 5.92 Å². The Bertz CT molecular complexity index is 1350. The first kappa shape index (κ1) is 49.5. The van der Waals surface area contributed by atoms with Crippen LogP contribution in [0.25, 0.3) is 0 Å². The molecule has 1 heterocycles. The lowest BCUT2D eigenvalue weighted by atomic mass is 9.91. The molecular weight excluding hydrogens is 679 g/mol. The standard InChI is InChI=1S/C36H51N5O3S.C4H10.2C2H6/c1-8-12-19-41(33-25-30(34(42)37-45-38(6)7)17-18-32(33)28(11-4)14-10-3)26-31(24-27(5)13-9-2)36(44)40-22-20-39(21-23-40)35(43)29-15-16-29;1-3-4-2;2*1-2/h4,8,12-13,17-18,24-25,28-29H,9-10,14-16,19-23,26H2,1-3,5-7H3,(H,37,42);3-4H2,1-2H3;2*1-2H3/b12-8+,27-13+,31-24+;;;. The topological polar surface area (TPSA) is 76.2 Å². The molecular formula is C44H73N5O3S. The summed E-state index contributed by atoms with van der Waals surface area (Å²) in [6.07, 6.45) is 21.4. The van der Waals surface area contributed by atoms with Crippen LogP contribution in [0, 0.1) is 18.3 Å². The molecule has 1 saturated carbocycles. The molecule has 8 nitrogen and oxygen atoms in total. The average molecular weight is 752 g/mol. The van der Waals surface area contributed by atoms with Crippen LogP contribution in [0.1, 0.15) is 136 Å². The molecule has 3 amide bonds. The summed E-state index contributed by atoms with van der Waals surface area (Å²) >= 11 is 1.22. The maximum atomic E-state index is 14.2. The van der Waals surface area contributed by atoms with Crippen molar-refractivity contribution in [3.05, 3.63) is 64.8 Å². The van der Waals surface area contributed by atoms with E-state index in [4.69, 9.17) is 6.42 Å². The van der Waals surface area contributed by atoms with Crippen LogP contribution < -0.4 is 9.62 Å². The van der Waals surface area contributed by atoms with Crippen LogP contribution in [-0.2, 0) is 9.59 Å². The molecule has 9 heteroatoms. The van der Waals surface area contributed by atoms with E-state index < -0.39 is 0 Å². The van der Waals surface area contributed by atoms with Gasteiger partial charge in [-0.05, 0) is 77.4 Å². The summed E-state index contributed by atoms with van der Waals surface area (Å²) < 4.78 is 4.70. The summed E-state index contributed by atoms with van der Waals surface area (Å²) in [5.41, 5.74) is 4.04. The Hall–Kier alpha value is -3.48. The molecule has 1 aromatic carbocycles. The molecule has 298 valence electrons. The van der Waals surface area contributed by atoms with E-state index >= 15 is 0 Å². The highest BCUT2D eigenvalue weighted by Crippen LogP contribution is 2.33. The molecule has 0 radical (unpaired) electrons. The smallest absolute Gasteiger partial charge is 0.262 e. The second kappa shape index (κ2) is 28.9. The first-order chi connectivity index (χ1) is 25.5. The number of terminal acetylenes is 1. The van der Waals surface area contributed by atoms with Gasteiger partial charge in [0.25, 0.3) is 11.8 Å². The fourth-order valence-electron chi connectivity index (χ4n) is 5.50. The molecule has 1 unspecified atom stereocenters. The predicted molar refractivity (Wildman–Crippen MR) is 230 cm³/mol. The molecule has 1 aromatic rings. The minimum Gasteiger partial charge on any atom is -0.363 e. The van der Waals surface area contributed by atoms with Crippen molar-refractivity contribution >= 4 is 35.5 Å². The third-order valence-corrected chi connectivity index (χ3v) is 9.18. The Morgan fingerprint density at radius 2 is 1.58 bits per heavy atom. The van der Waals surface area contributed by atoms with E-state index in [-0.39, 0.29) is 29.6 Å². The minimum absolute atomic E-state index is 0.0252. The highest BCUT2D eigenvalue weighted by atomic mass is 32.2. The van der Waals surface area contributed by atoms with Crippen LogP contribution in [0.2, 0.25) is 0 Å². The zero-order valence-corrected chi connectivity index (χ0v) is 36.2. The quantitative estimate of drug-likeness (QED) is 0.0596. The zero-order valence-electron chi connectivity index (χ0n) is 35.4. The van der Waals surface area contributed by atoms with Gasteiger partial charge in [-0.1, -0.05) is 110 Å². The van der Waals surface area contributed by atoms with E-state index in [0.717, 1.165) is 48.9 Å². The van der Waals surface area contributed by atoms with Crippen molar-refractivity contribution in [3.63, 3.8) is 0 Å². The van der Waals surface area contributed by atoms with E-state index in [0.29, 0.717) is 50.4 Å². The lowest BCUT2D eigenvalue weighted by Crippen LogP contribution is -2.52. The SMILES string of the molecule is C#CC(CCC)c1ccc(C(=O)NSN(C)C)cc1N(C/C=C/C)C/C(=C\C(C)=C\CC)C(=O)N1CCN(C(=O)C2CC2)CC1.CC.CC.CCCC. The van der Waals surface area contributed by atoms with Gasteiger partial charge in [-0.2, -0.15) is 0 Å². The van der Waals surface area contributed by atoms with Gasteiger partial charge < -0.3 is 14.7 Å². The van der Waals surface area contributed by atoms with E-state index in [1.54, 1.807) is 0 Å². The first-order valence-corrected chi connectivity index (χ1v) is 20.9. The molecule has 1 aliphatic carbocycles. The lowest BCUT2D eigenvalue weighted by Gasteiger charge is -2.36. The summed E-state index contributed by atoms with van der Waals surface area (Å²) in [4.78, 5) is 45.9. The Morgan fingerprint density at radius 1 is 0.981 bits per heavy atom. The van der Waals surface area contributed by atoms with Gasteiger partial charge in [-0.3, -0.25) is 19.1 Å². The van der Waals surface area contributed by atoms with Crippen LogP contribution in [-0.4, -0.2) is 85.2 Å². The van der Waals surface area contributed by atoms with Crippen LogP contribution in [0.15, 0.2) is 53.6 Å². The molecule has 2 aliphatic rings. The largest absolute Gasteiger partial charge is 0.363 e. The number of allylic oxidation sites excluding steroid dienone is 4. The van der Waals surface area contributed by atoms with E-state index in [1.165, 1.54) is 25.0 Å². The Balaban J connectivity index is 0.00000311. The molecule has 53 heavy (non-hydrogen) atoms. The van der Waals surface area contributed by atoms with Crippen molar-refractivity contribution in [2.75, 3.05) is 58.3 Å². The minimum atomic E-state index is -0.201. The van der Waals surface area contributed by atoms with Gasteiger partial charge in [0.2, 0.25) is 5.91 Å². The molecule has 0 aromatic heterocycles. The molecule has 0 spiro atoms. The second-order valence-corrected chi connectivity index (χ2v) is 14.1. The zero-order chi connectivity index (χ0) is 40.3. The molecule has 2 fully saturated rings. The molecule has 0 bridgehead atoms. The third kappa shape index (κ3) is 17.9. The van der Waals surface area contributed by atoms with Gasteiger partial charge in [0, 0.05) is 80.1 Å². The molecule has 1 saturated heterocycles. The summed E-state index contributed by atoms with van der Waals surface area (Å²) in [6, 6.07) is 5.71. The van der Waals surface area contributed by atoms with Gasteiger partial charge in [-0.25, -0.2) is 4.31 Å². The van der Waals surface area contributed by atoms with Gasteiger partial charge >= 0.3 is 0 Å². The van der Waals surface area contributed by atoms with Crippen molar-refractivity contribution in [3.8, 4) is 12.3 Å². The lowest BCUT2D eigenvalue weighted by molar-refractivity contribution is -0.138. The van der Waals surface area contributed by atoms with Crippen LogP contribution in [0.3, 0.4) is 0 Å². The number of carbonyl (C=O) groups is 3. The second-order valence-electron chi connectivity index (χ2n) is 13.0. The van der Waals surface area contributed by atoms with E-state index in [2.05, 4.69) is 55.4 Å². The monoisotopic (exact) mass is 752 g/mol. The predicted octanol–water partition coefficient (Wildman–Crippen LogP) is 9.66. The van der Waals surface area contributed by atoms with Crippen molar-refractivity contribution < 1.29 is 14.4 Å². The third-order valence-electron chi connectivity index (χ3n) is 8.54. The van der Waals surface area contributed by atoms with E-state index in [9.17, 15) is 14.4 Å². The maximum Gasteiger partial charge on any atom is 0.262 e. The summed E-state index contributed by atoms with van der Waals surface area (Å²) in [5, 5.41) is 0. The molecule has 1 atom stereocenters. The summed E-state index contributed by atoms with van der Waals surface area (Å²) in [5.74, 6) is 3.02. The van der Waals surface area contributed by atoms with Crippen LogP contribution >= 0.6 is 12.1 Å². The highest BCUT2D eigenvalue weighted by molar-refractivity contribution is 7.95. The molecule has 1 aliphatic heterocycles. The Labute approximate surface area is 329 Å². The number of nitrogens with zero attached hydrogens (tertiary/aromatic N) is 4. The fraction of sp³-hybridized carbons (Fsp3) is 0.614. The number of anilines is 1. The average Bonchev–Trinajstić information content (AvgIpc) is 4.04. The van der Waals surface area contributed by atoms with Crippen LogP contribution in [0.5, 0.6) is 0 Å². The first-order valence-electron chi connectivity index (χ1n) is 20.1. The van der Waals surface area contributed by atoms with Gasteiger partial charge in [0.1, 0.15) is 0 Å². The van der Waals surface area contributed by atoms with Crippen molar-refractivity contribution in [1.82, 2.24) is 18.8 Å². The Kier molecular flexibility index (Phi) is 27.0. The number of benzene rings is 1. The van der Waals surface area contributed by atoms with Crippen molar-refractivity contribution in [2.45, 2.75) is 120 Å². The van der Waals surface area contributed by atoms with Crippen molar-refractivity contribution in [1.29, 1.82) is 0 Å². The number of unbranched alkanes of at least 4 members (excludes halogenated alkanes) is 1. The normalized spacial score (nSPS) is 14.9. The van der Waals surface area contributed by atoms with Crippen LogP contribution in [0.4, 0.5) is 5.69 Å². The van der Waals surface area contributed by atoms with Gasteiger partial charge in [-0.15, -0.1) is 6.42 Å². The molecule has 1 N–H and O–H groups in total. The summed E-state index contributed by atoms with van der Waals surface area (Å²) in [7, 11) is 3.73. The van der Waals surface area contributed by atoms with E-state index in [1.807, 2.05) is 100 Å².